The zero-order valence-electron chi connectivity index (χ0n) is 14.4. The minimum atomic E-state index is -0.360. The van der Waals surface area contributed by atoms with Crippen LogP contribution >= 0.6 is 11.8 Å². The van der Waals surface area contributed by atoms with Gasteiger partial charge in [-0.05, 0) is 18.1 Å². The van der Waals surface area contributed by atoms with E-state index >= 15 is 0 Å². The van der Waals surface area contributed by atoms with Gasteiger partial charge in [0.2, 0.25) is 0 Å². The average Bonchev–Trinajstić information content (AvgIpc) is 2.50. The van der Waals surface area contributed by atoms with Crippen LogP contribution in [-0.2, 0) is 20.5 Å². The molecule has 2 rings (SSSR count). The van der Waals surface area contributed by atoms with Crippen molar-refractivity contribution in [2.45, 2.75) is 45.1 Å². The third kappa shape index (κ3) is 3.65. The molecule has 126 valence electrons. The standard InChI is InChI=1S/C16H24N4O2S/c1-6-7-8-23-14-12-13(17-11(18-14)9-10(2)3)19(4)16(22)20(5)15(12)21/h10H,6-9H2,1-5H3. The third-order valence-electron chi connectivity index (χ3n) is 3.64. The summed E-state index contributed by atoms with van der Waals surface area (Å²) in [6, 6.07) is 0. The van der Waals surface area contributed by atoms with Gasteiger partial charge in [0.1, 0.15) is 16.2 Å². The lowest BCUT2D eigenvalue weighted by atomic mass is 10.1. The topological polar surface area (TPSA) is 69.8 Å². The fourth-order valence-corrected chi connectivity index (χ4v) is 3.47. The second-order valence-electron chi connectivity index (χ2n) is 6.15. The van der Waals surface area contributed by atoms with E-state index in [1.807, 2.05) is 0 Å². The van der Waals surface area contributed by atoms with Crippen LogP contribution in [-0.4, -0.2) is 24.9 Å². The molecule has 0 atom stereocenters. The van der Waals surface area contributed by atoms with Crippen molar-refractivity contribution in [1.29, 1.82) is 0 Å². The Balaban J connectivity index is 2.72. The Morgan fingerprint density at radius 1 is 1.13 bits per heavy atom. The average molecular weight is 336 g/mol. The summed E-state index contributed by atoms with van der Waals surface area (Å²) < 4.78 is 2.56. The van der Waals surface area contributed by atoms with Gasteiger partial charge in [-0.25, -0.2) is 14.8 Å². The SMILES string of the molecule is CCCCSc1nc(CC(C)C)nc2c1c(=O)n(C)c(=O)n2C. The van der Waals surface area contributed by atoms with E-state index in [0.717, 1.165) is 29.6 Å². The maximum atomic E-state index is 12.5. The first-order valence-corrected chi connectivity index (χ1v) is 8.94. The Bertz CT molecular complexity index is 823. The normalized spacial score (nSPS) is 11.6. The smallest absolute Gasteiger partial charge is 0.280 e. The lowest BCUT2D eigenvalue weighted by Gasteiger charge is -2.12. The number of rotatable bonds is 6. The predicted octanol–water partition coefficient (Wildman–Crippen LogP) is 2.12. The Morgan fingerprint density at radius 2 is 1.83 bits per heavy atom. The molecule has 0 saturated carbocycles. The number of fused-ring (bicyclic) bond motifs is 1. The summed E-state index contributed by atoms with van der Waals surface area (Å²) in [5.41, 5.74) is -0.248. The highest BCUT2D eigenvalue weighted by Crippen LogP contribution is 2.23. The van der Waals surface area contributed by atoms with E-state index in [1.165, 1.54) is 11.6 Å². The molecule has 0 amide bonds. The molecule has 7 heteroatoms. The predicted molar refractivity (Wildman–Crippen MR) is 94.2 cm³/mol. The van der Waals surface area contributed by atoms with Crippen molar-refractivity contribution in [2.75, 3.05) is 5.75 Å². The zero-order chi connectivity index (χ0) is 17.1. The molecule has 23 heavy (non-hydrogen) atoms. The van der Waals surface area contributed by atoms with Crippen molar-refractivity contribution in [1.82, 2.24) is 19.1 Å². The van der Waals surface area contributed by atoms with Gasteiger partial charge < -0.3 is 0 Å². The van der Waals surface area contributed by atoms with Crippen molar-refractivity contribution in [3.8, 4) is 0 Å². The Labute approximate surface area is 140 Å². The lowest BCUT2D eigenvalue weighted by Crippen LogP contribution is -2.38. The van der Waals surface area contributed by atoms with Gasteiger partial charge in [0.05, 0.1) is 0 Å². The molecule has 0 bridgehead atoms. The molecule has 0 fully saturated rings. The van der Waals surface area contributed by atoms with E-state index in [-0.39, 0.29) is 11.2 Å². The molecule has 0 saturated heterocycles. The highest BCUT2D eigenvalue weighted by molar-refractivity contribution is 7.99. The summed E-state index contributed by atoms with van der Waals surface area (Å²) in [7, 11) is 3.14. The number of hydrogen-bond acceptors (Lipinski definition) is 5. The number of aryl methyl sites for hydroxylation is 1. The maximum absolute atomic E-state index is 12.5. The van der Waals surface area contributed by atoms with Crippen molar-refractivity contribution >= 4 is 22.8 Å². The van der Waals surface area contributed by atoms with Crippen LogP contribution in [0, 0.1) is 5.92 Å². The first-order chi connectivity index (χ1) is 10.9. The third-order valence-corrected chi connectivity index (χ3v) is 4.70. The van der Waals surface area contributed by atoms with Crippen LogP contribution in [0.4, 0.5) is 0 Å². The van der Waals surface area contributed by atoms with Crippen LogP contribution in [0.5, 0.6) is 0 Å². The molecule has 2 aromatic rings. The molecule has 0 aliphatic heterocycles. The molecular weight excluding hydrogens is 312 g/mol. The summed E-state index contributed by atoms with van der Waals surface area (Å²) >= 11 is 1.57. The molecule has 0 aliphatic rings. The first kappa shape index (κ1) is 17.7. The minimum absolute atomic E-state index is 0.321. The van der Waals surface area contributed by atoms with Crippen LogP contribution in [0.2, 0.25) is 0 Å². The first-order valence-electron chi connectivity index (χ1n) is 7.96. The lowest BCUT2D eigenvalue weighted by molar-refractivity contribution is 0.613. The van der Waals surface area contributed by atoms with Gasteiger partial charge in [0.25, 0.3) is 5.56 Å². The summed E-state index contributed by atoms with van der Waals surface area (Å²) in [5, 5.41) is 1.14. The summed E-state index contributed by atoms with van der Waals surface area (Å²) in [5.74, 6) is 2.00. The van der Waals surface area contributed by atoms with Crippen molar-refractivity contribution in [3.63, 3.8) is 0 Å². The molecule has 0 radical (unpaired) electrons. The van der Waals surface area contributed by atoms with Crippen LogP contribution in [0.1, 0.15) is 39.4 Å². The molecule has 2 aromatic heterocycles. The number of hydrogen-bond donors (Lipinski definition) is 0. The quantitative estimate of drug-likeness (QED) is 0.459. The molecule has 0 unspecified atom stereocenters. The molecule has 0 aliphatic carbocycles. The maximum Gasteiger partial charge on any atom is 0.332 e. The van der Waals surface area contributed by atoms with Crippen molar-refractivity contribution in [3.05, 3.63) is 26.7 Å². The van der Waals surface area contributed by atoms with Gasteiger partial charge in [-0.1, -0.05) is 27.2 Å². The summed E-state index contributed by atoms with van der Waals surface area (Å²) in [4.78, 5) is 33.8. The minimum Gasteiger partial charge on any atom is -0.280 e. The monoisotopic (exact) mass is 336 g/mol. The number of aromatic nitrogens is 4. The van der Waals surface area contributed by atoms with Crippen LogP contribution in [0.15, 0.2) is 14.6 Å². The zero-order valence-corrected chi connectivity index (χ0v) is 15.2. The van der Waals surface area contributed by atoms with Gasteiger partial charge in [0.15, 0.2) is 5.65 Å². The van der Waals surface area contributed by atoms with Gasteiger partial charge in [0, 0.05) is 20.5 Å². The molecule has 0 aromatic carbocycles. The van der Waals surface area contributed by atoms with Gasteiger partial charge >= 0.3 is 5.69 Å². The Morgan fingerprint density at radius 3 is 2.43 bits per heavy atom. The molecular formula is C16H24N4O2S. The Hall–Kier alpha value is -1.63. The van der Waals surface area contributed by atoms with Crippen LogP contribution < -0.4 is 11.2 Å². The molecule has 2 heterocycles. The van der Waals surface area contributed by atoms with Gasteiger partial charge in [-0.2, -0.15) is 0 Å². The fraction of sp³-hybridized carbons (Fsp3) is 0.625. The molecule has 0 spiro atoms. The van der Waals surface area contributed by atoms with E-state index in [1.54, 1.807) is 18.8 Å². The fourth-order valence-electron chi connectivity index (χ4n) is 2.35. The molecule has 6 nitrogen and oxygen atoms in total. The van der Waals surface area contributed by atoms with Crippen molar-refractivity contribution in [2.24, 2.45) is 20.0 Å². The second kappa shape index (κ2) is 7.29. The summed E-state index contributed by atoms with van der Waals surface area (Å²) in [6.07, 6.45) is 2.87. The second-order valence-corrected chi connectivity index (χ2v) is 7.23. The van der Waals surface area contributed by atoms with Gasteiger partial charge in [-0.3, -0.25) is 13.9 Å². The number of thioether (sulfide) groups is 1. The highest BCUT2D eigenvalue weighted by atomic mass is 32.2. The Kier molecular flexibility index (Phi) is 5.62. The summed E-state index contributed by atoms with van der Waals surface area (Å²) in [6.45, 7) is 6.33. The molecule has 0 N–H and O–H groups in total. The van der Waals surface area contributed by atoms with E-state index in [9.17, 15) is 9.59 Å². The number of unbranched alkanes of at least 4 members (excludes halogenated alkanes) is 1. The van der Waals surface area contributed by atoms with E-state index < -0.39 is 0 Å². The van der Waals surface area contributed by atoms with Crippen LogP contribution in [0.3, 0.4) is 0 Å². The van der Waals surface area contributed by atoms with Gasteiger partial charge in [-0.15, -0.1) is 11.8 Å². The van der Waals surface area contributed by atoms with Crippen molar-refractivity contribution < 1.29 is 0 Å². The van der Waals surface area contributed by atoms with Crippen LogP contribution in [0.25, 0.3) is 11.0 Å². The highest BCUT2D eigenvalue weighted by Gasteiger charge is 2.17. The number of nitrogens with zero attached hydrogens (tertiary/aromatic N) is 4. The van der Waals surface area contributed by atoms with E-state index in [2.05, 4.69) is 30.7 Å². The van der Waals surface area contributed by atoms with E-state index in [4.69, 9.17) is 0 Å². The largest absolute Gasteiger partial charge is 0.332 e. The van der Waals surface area contributed by atoms with E-state index in [0.29, 0.717) is 27.8 Å².